The Balaban J connectivity index is 1.13. The van der Waals surface area contributed by atoms with Gasteiger partial charge < -0.3 is 40.6 Å². The predicted octanol–water partition coefficient (Wildman–Crippen LogP) is 4.45. The number of primary amides is 1. The van der Waals surface area contributed by atoms with Crippen molar-refractivity contribution in [2.45, 2.75) is 111 Å². The van der Waals surface area contributed by atoms with Crippen LogP contribution in [0.15, 0.2) is 54.0 Å². The molecule has 0 spiro atoms. The third kappa shape index (κ3) is 14.4. The number of nitrogens with two attached hydrogens (primary N) is 1. The standard InChI is InChI=1S/C42H59N5O8S/c1-28(8-6-10-36(43)49)55-25-32-13-11-30(12-14-32)9-7-19-53-20-21-54-26-37(50)46-39(42(3,4)5)41(52)47-24-34(48)22-35(47)40(51)44-23-31-15-17-33(18-16-31)38-29(2)45-27-56-38/h11-18,27-28,34-35,39,48H,6-10,19-26H2,1-5H3,(H2,43,49)(H,44,51)(H,46,50)/t28-,34-,35+,39-/m1/s1. The molecule has 56 heavy (non-hydrogen) atoms. The molecule has 2 heterocycles. The molecule has 306 valence electrons. The van der Waals surface area contributed by atoms with E-state index in [4.69, 9.17) is 19.9 Å². The maximum atomic E-state index is 13.9. The highest BCUT2D eigenvalue weighted by Crippen LogP contribution is 2.28. The zero-order chi connectivity index (χ0) is 40.7. The van der Waals surface area contributed by atoms with Crippen molar-refractivity contribution in [1.82, 2.24) is 20.5 Å². The van der Waals surface area contributed by atoms with Crippen LogP contribution in [0.5, 0.6) is 0 Å². The van der Waals surface area contributed by atoms with Gasteiger partial charge in [-0.05, 0) is 67.2 Å². The zero-order valence-corrected chi connectivity index (χ0v) is 34.2. The second-order valence-corrected chi connectivity index (χ2v) is 16.4. The number of nitrogens with zero attached hydrogens (tertiary/aromatic N) is 2. The van der Waals surface area contributed by atoms with E-state index in [1.807, 2.05) is 64.4 Å². The number of amides is 4. The molecule has 13 nitrogen and oxygen atoms in total. The van der Waals surface area contributed by atoms with Crippen LogP contribution in [0.1, 0.15) is 82.2 Å². The van der Waals surface area contributed by atoms with E-state index < -0.39 is 35.4 Å². The number of carbonyl (C=O) groups is 4. The monoisotopic (exact) mass is 793 g/mol. The van der Waals surface area contributed by atoms with E-state index >= 15 is 0 Å². The van der Waals surface area contributed by atoms with Crippen molar-refractivity contribution < 1.29 is 38.5 Å². The van der Waals surface area contributed by atoms with Gasteiger partial charge in [-0.3, -0.25) is 19.2 Å². The Bertz CT molecular complexity index is 1710. The van der Waals surface area contributed by atoms with Crippen LogP contribution in [0, 0.1) is 12.3 Å². The Morgan fingerprint density at radius 3 is 2.32 bits per heavy atom. The summed E-state index contributed by atoms with van der Waals surface area (Å²) < 4.78 is 17.1. The van der Waals surface area contributed by atoms with E-state index in [0.29, 0.717) is 26.2 Å². The number of aliphatic hydroxyl groups excluding tert-OH is 1. The lowest BCUT2D eigenvalue weighted by molar-refractivity contribution is -0.144. The van der Waals surface area contributed by atoms with Crippen LogP contribution < -0.4 is 16.4 Å². The van der Waals surface area contributed by atoms with Crippen molar-refractivity contribution in [1.29, 1.82) is 0 Å². The molecule has 3 aromatic rings. The first-order valence-corrected chi connectivity index (χ1v) is 20.3. The SMILES string of the molecule is Cc1ncsc1-c1ccc(CNC(=O)[C@@H]2C[C@@H](O)CN2C(=O)[C@@H](NC(=O)COCCOCCCc2ccc(CO[C@H](C)CCCC(N)=O)cc2)C(C)(C)C)cc1. The van der Waals surface area contributed by atoms with Crippen molar-refractivity contribution in [2.75, 3.05) is 33.0 Å². The number of benzene rings is 2. The summed E-state index contributed by atoms with van der Waals surface area (Å²) in [6.07, 6.45) is 2.89. The van der Waals surface area contributed by atoms with Gasteiger partial charge in [0.1, 0.15) is 18.7 Å². The van der Waals surface area contributed by atoms with Gasteiger partial charge >= 0.3 is 0 Å². The largest absolute Gasteiger partial charge is 0.391 e. The lowest BCUT2D eigenvalue weighted by Crippen LogP contribution is -2.58. The Morgan fingerprint density at radius 2 is 1.66 bits per heavy atom. The molecule has 1 aliphatic heterocycles. The maximum absolute atomic E-state index is 13.9. The van der Waals surface area contributed by atoms with Gasteiger partial charge in [-0.15, -0.1) is 11.3 Å². The summed E-state index contributed by atoms with van der Waals surface area (Å²) >= 11 is 1.58. The van der Waals surface area contributed by atoms with E-state index in [0.717, 1.165) is 52.9 Å². The van der Waals surface area contributed by atoms with Crippen molar-refractivity contribution in [3.8, 4) is 10.4 Å². The quantitative estimate of drug-likeness (QED) is 0.107. The summed E-state index contributed by atoms with van der Waals surface area (Å²) in [5.41, 5.74) is 11.5. The molecule has 0 unspecified atom stereocenters. The molecule has 14 heteroatoms. The first-order chi connectivity index (χ1) is 26.7. The fourth-order valence-corrected chi connectivity index (χ4v) is 7.25. The van der Waals surface area contributed by atoms with Crippen molar-refractivity contribution in [3.63, 3.8) is 0 Å². The molecule has 0 saturated carbocycles. The number of hydrogen-bond donors (Lipinski definition) is 4. The van der Waals surface area contributed by atoms with Gasteiger partial charge in [0.25, 0.3) is 0 Å². The minimum Gasteiger partial charge on any atom is -0.391 e. The zero-order valence-electron chi connectivity index (χ0n) is 33.4. The summed E-state index contributed by atoms with van der Waals surface area (Å²) in [6.45, 7) is 11.1. The predicted molar refractivity (Wildman–Crippen MR) is 215 cm³/mol. The number of nitrogens with one attached hydrogen (secondary N) is 2. The van der Waals surface area contributed by atoms with E-state index in [2.05, 4.69) is 39.9 Å². The highest BCUT2D eigenvalue weighted by molar-refractivity contribution is 7.13. The van der Waals surface area contributed by atoms with Crippen molar-refractivity contribution >= 4 is 35.0 Å². The number of hydrogen-bond acceptors (Lipinski definition) is 10. The molecule has 4 rings (SSSR count). The van der Waals surface area contributed by atoms with Crippen LogP contribution in [-0.4, -0.2) is 95.9 Å². The Kier molecular flexibility index (Phi) is 17.4. The molecular weight excluding hydrogens is 735 g/mol. The van der Waals surface area contributed by atoms with Crippen molar-refractivity contribution in [3.05, 3.63) is 76.4 Å². The van der Waals surface area contributed by atoms with Gasteiger partial charge in [0, 0.05) is 32.5 Å². The Hall–Kier alpha value is -4.21. The number of β-amino-alcohol motifs (C(OH)–C–C–N with tert-alkyl or cyclic N) is 1. The van der Waals surface area contributed by atoms with Crippen LogP contribution in [-0.2, 0) is 53.0 Å². The van der Waals surface area contributed by atoms with E-state index in [9.17, 15) is 24.3 Å². The molecule has 1 aromatic heterocycles. The number of ether oxygens (including phenoxy) is 3. The number of carbonyl (C=O) groups excluding carboxylic acids is 4. The number of thiazole rings is 1. The van der Waals surface area contributed by atoms with Crippen LogP contribution in [0.4, 0.5) is 0 Å². The van der Waals surface area contributed by atoms with Crippen molar-refractivity contribution in [2.24, 2.45) is 11.1 Å². The summed E-state index contributed by atoms with van der Waals surface area (Å²) in [7, 11) is 0. The highest BCUT2D eigenvalue weighted by atomic mass is 32.1. The molecule has 1 fully saturated rings. The second-order valence-electron chi connectivity index (χ2n) is 15.5. The van der Waals surface area contributed by atoms with Gasteiger partial charge in [0.05, 0.1) is 48.1 Å². The molecular formula is C42H59N5O8S. The molecule has 2 aromatic carbocycles. The topological polar surface area (TPSA) is 182 Å². The van der Waals surface area contributed by atoms with Gasteiger partial charge in [-0.2, -0.15) is 0 Å². The molecule has 0 bridgehead atoms. The van der Waals surface area contributed by atoms with Gasteiger partial charge in [-0.1, -0.05) is 69.3 Å². The molecule has 0 radical (unpaired) electrons. The van der Waals surface area contributed by atoms with E-state index in [-0.39, 0.29) is 50.6 Å². The van der Waals surface area contributed by atoms with Crippen LogP contribution in [0.2, 0.25) is 0 Å². The maximum Gasteiger partial charge on any atom is 0.246 e. The van der Waals surface area contributed by atoms with E-state index in [1.54, 1.807) is 11.3 Å². The molecule has 0 aliphatic carbocycles. The lowest BCUT2D eigenvalue weighted by atomic mass is 9.85. The first kappa shape index (κ1) is 44.5. The van der Waals surface area contributed by atoms with Gasteiger partial charge in [0.15, 0.2) is 0 Å². The summed E-state index contributed by atoms with van der Waals surface area (Å²) in [5, 5.41) is 16.2. The normalized spacial score (nSPS) is 16.7. The Morgan fingerprint density at radius 1 is 0.982 bits per heavy atom. The van der Waals surface area contributed by atoms with Gasteiger partial charge in [0.2, 0.25) is 23.6 Å². The number of likely N-dealkylation sites (tertiary alicyclic amines) is 1. The van der Waals surface area contributed by atoms with Crippen LogP contribution >= 0.6 is 11.3 Å². The average molecular weight is 794 g/mol. The first-order valence-electron chi connectivity index (χ1n) is 19.4. The highest BCUT2D eigenvalue weighted by Gasteiger charge is 2.44. The Labute approximate surface area is 334 Å². The number of rotatable bonds is 22. The molecule has 1 saturated heterocycles. The summed E-state index contributed by atoms with van der Waals surface area (Å²) in [5.74, 6) is -1.53. The molecule has 4 atom stereocenters. The number of aromatic nitrogens is 1. The third-order valence-electron chi connectivity index (χ3n) is 9.66. The summed E-state index contributed by atoms with van der Waals surface area (Å²) in [6, 6.07) is 14.3. The minimum atomic E-state index is -0.942. The fourth-order valence-electron chi connectivity index (χ4n) is 6.43. The second kappa shape index (κ2) is 21.9. The average Bonchev–Trinajstić information content (AvgIpc) is 3.78. The fraction of sp³-hybridized carbons (Fsp3) is 0.548. The summed E-state index contributed by atoms with van der Waals surface area (Å²) in [4.78, 5) is 57.8. The van der Waals surface area contributed by atoms with E-state index in [1.165, 1.54) is 10.5 Å². The smallest absolute Gasteiger partial charge is 0.246 e. The molecule has 5 N–H and O–H groups in total. The number of aliphatic hydroxyl groups is 1. The minimum absolute atomic E-state index is 0.00246. The third-order valence-corrected chi connectivity index (χ3v) is 10.6. The molecule has 1 aliphatic rings. The van der Waals surface area contributed by atoms with Crippen LogP contribution in [0.3, 0.4) is 0 Å². The number of aryl methyl sites for hydroxylation is 2. The van der Waals surface area contributed by atoms with Crippen LogP contribution in [0.25, 0.3) is 10.4 Å². The lowest BCUT2D eigenvalue weighted by Gasteiger charge is -2.35. The van der Waals surface area contributed by atoms with Gasteiger partial charge in [-0.25, -0.2) is 4.98 Å². The molecule has 4 amide bonds.